The monoisotopic (exact) mass is 251 g/mol. The molecule has 1 atom stereocenters. The van der Waals surface area contributed by atoms with Crippen LogP contribution in [0.25, 0.3) is 0 Å². The Hall–Kier alpha value is -2.24. The summed E-state index contributed by atoms with van der Waals surface area (Å²) in [6.07, 6.45) is -0.530. The number of urea groups is 1. The van der Waals surface area contributed by atoms with Gasteiger partial charge in [-0.15, -0.1) is 0 Å². The smallest absolute Gasteiger partial charge is 0.407 e. The average Bonchev–Trinajstić information content (AvgIpc) is 2.35. The van der Waals surface area contributed by atoms with Gasteiger partial charge in [0.15, 0.2) is 0 Å². The van der Waals surface area contributed by atoms with Gasteiger partial charge in [0.2, 0.25) is 0 Å². The summed E-state index contributed by atoms with van der Waals surface area (Å²) in [6, 6.07) is 8.49. The van der Waals surface area contributed by atoms with Crippen LogP contribution in [0.1, 0.15) is 12.5 Å². The zero-order valence-electron chi connectivity index (χ0n) is 10.2. The fraction of sp³-hybridized carbons (Fsp3) is 0.333. The van der Waals surface area contributed by atoms with Crippen LogP contribution in [0.2, 0.25) is 0 Å². The van der Waals surface area contributed by atoms with Gasteiger partial charge >= 0.3 is 12.1 Å². The Bertz CT molecular complexity index is 395. The van der Waals surface area contributed by atoms with Gasteiger partial charge in [-0.2, -0.15) is 0 Å². The SMILES string of the molecule is CC(CNC(N)=O)NC(=O)OCc1ccccc1. The maximum absolute atomic E-state index is 11.4. The molecule has 6 heteroatoms. The molecule has 3 amide bonds. The number of nitrogens with one attached hydrogen (secondary N) is 2. The van der Waals surface area contributed by atoms with Crippen LogP contribution in [0.5, 0.6) is 0 Å². The van der Waals surface area contributed by atoms with Crippen molar-refractivity contribution in [3.05, 3.63) is 35.9 Å². The number of carbonyl (C=O) groups excluding carboxylic acids is 2. The lowest BCUT2D eigenvalue weighted by atomic mass is 10.2. The predicted octanol–water partition coefficient (Wildman–Crippen LogP) is 0.970. The van der Waals surface area contributed by atoms with Gasteiger partial charge in [0.1, 0.15) is 6.61 Å². The molecular weight excluding hydrogens is 234 g/mol. The largest absolute Gasteiger partial charge is 0.445 e. The van der Waals surface area contributed by atoms with Crippen molar-refractivity contribution in [2.75, 3.05) is 6.54 Å². The third kappa shape index (κ3) is 5.74. The minimum Gasteiger partial charge on any atom is -0.445 e. The average molecular weight is 251 g/mol. The van der Waals surface area contributed by atoms with Crippen LogP contribution < -0.4 is 16.4 Å². The highest BCUT2D eigenvalue weighted by molar-refractivity contribution is 5.72. The predicted molar refractivity (Wildman–Crippen MR) is 66.8 cm³/mol. The van der Waals surface area contributed by atoms with Gasteiger partial charge in [-0.1, -0.05) is 30.3 Å². The van der Waals surface area contributed by atoms with E-state index in [9.17, 15) is 9.59 Å². The lowest BCUT2D eigenvalue weighted by Gasteiger charge is -2.13. The first-order valence-corrected chi connectivity index (χ1v) is 5.58. The summed E-state index contributed by atoms with van der Waals surface area (Å²) in [5, 5.41) is 4.97. The van der Waals surface area contributed by atoms with Gasteiger partial charge in [-0.3, -0.25) is 0 Å². The maximum atomic E-state index is 11.4. The molecule has 0 radical (unpaired) electrons. The maximum Gasteiger partial charge on any atom is 0.407 e. The molecule has 6 nitrogen and oxygen atoms in total. The van der Waals surface area contributed by atoms with Gasteiger partial charge in [0, 0.05) is 12.6 Å². The topological polar surface area (TPSA) is 93.5 Å². The number of ether oxygens (including phenoxy) is 1. The fourth-order valence-corrected chi connectivity index (χ4v) is 1.27. The molecule has 1 aromatic carbocycles. The standard InChI is InChI=1S/C12H17N3O3/c1-9(7-14-11(13)16)15-12(17)18-8-10-5-3-2-4-6-10/h2-6,9H,7-8H2,1H3,(H,15,17)(H3,13,14,16). The Kier molecular flexibility index (Phi) is 5.50. The van der Waals surface area contributed by atoms with Gasteiger partial charge < -0.3 is 21.1 Å². The number of carbonyl (C=O) groups is 2. The second kappa shape index (κ2) is 7.16. The number of amides is 3. The van der Waals surface area contributed by atoms with Crippen molar-refractivity contribution in [2.45, 2.75) is 19.6 Å². The number of rotatable bonds is 5. The molecule has 1 aromatic rings. The minimum atomic E-state index is -0.624. The van der Waals surface area contributed by atoms with E-state index < -0.39 is 12.1 Å². The normalized spacial score (nSPS) is 11.4. The lowest BCUT2D eigenvalue weighted by molar-refractivity contribution is 0.136. The molecule has 0 bridgehead atoms. The van der Waals surface area contributed by atoms with E-state index in [0.29, 0.717) is 0 Å². The highest BCUT2D eigenvalue weighted by Gasteiger charge is 2.08. The van der Waals surface area contributed by atoms with E-state index in [4.69, 9.17) is 10.5 Å². The summed E-state index contributed by atoms with van der Waals surface area (Å²) in [5.41, 5.74) is 5.82. The third-order valence-electron chi connectivity index (χ3n) is 2.16. The molecule has 0 fully saturated rings. The van der Waals surface area contributed by atoms with Crippen molar-refractivity contribution in [1.82, 2.24) is 10.6 Å². The van der Waals surface area contributed by atoms with Crippen LogP contribution in [0, 0.1) is 0 Å². The highest BCUT2D eigenvalue weighted by Crippen LogP contribution is 2.00. The number of hydrogen-bond acceptors (Lipinski definition) is 3. The first-order valence-electron chi connectivity index (χ1n) is 5.58. The summed E-state index contributed by atoms with van der Waals surface area (Å²) in [4.78, 5) is 21.9. The molecule has 1 unspecified atom stereocenters. The van der Waals surface area contributed by atoms with Crippen LogP contribution in [-0.4, -0.2) is 24.7 Å². The number of nitrogens with two attached hydrogens (primary N) is 1. The van der Waals surface area contributed by atoms with Gasteiger partial charge in [0.05, 0.1) is 0 Å². The Morgan fingerprint density at radius 3 is 2.61 bits per heavy atom. The molecule has 98 valence electrons. The molecular formula is C12H17N3O3. The van der Waals surface area contributed by atoms with Crippen molar-refractivity contribution < 1.29 is 14.3 Å². The summed E-state index contributed by atoms with van der Waals surface area (Å²) in [6.45, 7) is 2.21. The van der Waals surface area contributed by atoms with Crippen molar-refractivity contribution >= 4 is 12.1 Å². The second-order valence-corrected chi connectivity index (χ2v) is 3.85. The molecule has 0 saturated heterocycles. The Balaban J connectivity index is 2.23. The van der Waals surface area contributed by atoms with Crippen molar-refractivity contribution in [3.8, 4) is 0 Å². The van der Waals surface area contributed by atoms with Gasteiger partial charge in [-0.05, 0) is 12.5 Å². The Labute approximate surface area is 105 Å². The zero-order chi connectivity index (χ0) is 13.4. The van der Waals surface area contributed by atoms with E-state index in [0.717, 1.165) is 5.56 Å². The Morgan fingerprint density at radius 2 is 2.00 bits per heavy atom. The lowest BCUT2D eigenvalue weighted by Crippen LogP contribution is -2.43. The van der Waals surface area contributed by atoms with Gasteiger partial charge in [0.25, 0.3) is 0 Å². The third-order valence-corrected chi connectivity index (χ3v) is 2.16. The minimum absolute atomic E-state index is 0.211. The van der Waals surface area contributed by atoms with Crippen molar-refractivity contribution in [2.24, 2.45) is 5.73 Å². The van der Waals surface area contributed by atoms with Crippen molar-refractivity contribution in [3.63, 3.8) is 0 Å². The Morgan fingerprint density at radius 1 is 1.33 bits per heavy atom. The van der Waals surface area contributed by atoms with Crippen molar-refractivity contribution in [1.29, 1.82) is 0 Å². The van der Waals surface area contributed by atoms with E-state index in [2.05, 4.69) is 10.6 Å². The summed E-state index contributed by atoms with van der Waals surface area (Å²) in [5.74, 6) is 0. The highest BCUT2D eigenvalue weighted by atomic mass is 16.5. The van der Waals surface area contributed by atoms with E-state index in [-0.39, 0.29) is 19.2 Å². The number of primary amides is 1. The molecule has 18 heavy (non-hydrogen) atoms. The molecule has 0 heterocycles. The van der Waals surface area contributed by atoms with Crippen LogP contribution in [0.4, 0.5) is 9.59 Å². The molecule has 0 aliphatic heterocycles. The molecule has 0 aliphatic rings. The molecule has 1 rings (SSSR count). The summed E-state index contributed by atoms with van der Waals surface area (Å²) in [7, 11) is 0. The van der Waals surface area contributed by atoms with Crippen LogP contribution >= 0.6 is 0 Å². The first kappa shape index (κ1) is 13.8. The fourth-order valence-electron chi connectivity index (χ4n) is 1.27. The quantitative estimate of drug-likeness (QED) is 0.727. The van der Waals surface area contributed by atoms with Crippen LogP contribution in [-0.2, 0) is 11.3 Å². The molecule has 0 saturated carbocycles. The first-order chi connectivity index (χ1) is 8.58. The molecule has 0 aromatic heterocycles. The number of alkyl carbamates (subject to hydrolysis) is 1. The molecule has 0 aliphatic carbocycles. The number of hydrogen-bond donors (Lipinski definition) is 3. The summed E-state index contributed by atoms with van der Waals surface area (Å²) < 4.78 is 5.01. The number of benzene rings is 1. The van der Waals surface area contributed by atoms with E-state index >= 15 is 0 Å². The molecule has 4 N–H and O–H groups in total. The van der Waals surface area contributed by atoms with Gasteiger partial charge in [-0.25, -0.2) is 9.59 Å². The molecule has 0 spiro atoms. The van der Waals surface area contributed by atoms with E-state index in [1.807, 2.05) is 30.3 Å². The van der Waals surface area contributed by atoms with E-state index in [1.165, 1.54) is 0 Å². The summed E-state index contributed by atoms with van der Waals surface area (Å²) >= 11 is 0. The zero-order valence-corrected chi connectivity index (χ0v) is 10.2. The van der Waals surface area contributed by atoms with E-state index in [1.54, 1.807) is 6.92 Å². The van der Waals surface area contributed by atoms with Crippen LogP contribution in [0.15, 0.2) is 30.3 Å². The second-order valence-electron chi connectivity index (χ2n) is 3.85. The van der Waals surface area contributed by atoms with Crippen LogP contribution in [0.3, 0.4) is 0 Å².